The maximum atomic E-state index is 10.4. The van der Waals surface area contributed by atoms with E-state index >= 15 is 0 Å². The molecule has 13 heavy (non-hydrogen) atoms. The molecule has 4 heteroatoms. The summed E-state index contributed by atoms with van der Waals surface area (Å²) in [5, 5.41) is 8.54. The van der Waals surface area contributed by atoms with Crippen LogP contribution in [0.25, 0.3) is 6.08 Å². The molecule has 1 N–H and O–H groups in total. The number of carboxylic acid groups (broad SMARTS) is 1. The van der Waals surface area contributed by atoms with Gasteiger partial charge in [-0.3, -0.25) is 0 Å². The van der Waals surface area contributed by atoms with Crippen molar-refractivity contribution in [2.45, 2.75) is 6.42 Å². The third kappa shape index (κ3) is 2.99. The molecule has 0 fully saturated rings. The van der Waals surface area contributed by atoms with Crippen LogP contribution >= 0.6 is 12.6 Å². The summed E-state index contributed by atoms with van der Waals surface area (Å²) in [7, 11) is 0. The van der Waals surface area contributed by atoms with E-state index in [1.54, 1.807) is 12.1 Å². The third-order valence-electron chi connectivity index (χ3n) is 1.42. The molecule has 0 amide bonds. The second kappa shape index (κ2) is 4.77. The first-order valence-electron chi connectivity index (χ1n) is 3.84. The van der Waals surface area contributed by atoms with Crippen LogP contribution in [0.2, 0.25) is 0 Å². The first-order valence-corrected chi connectivity index (χ1v) is 4.48. The third-order valence-corrected chi connectivity index (χ3v) is 1.67. The Bertz CT molecular complexity index is 314. The molecule has 0 bridgehead atoms. The Morgan fingerprint density at radius 1 is 1.62 bits per heavy atom. The Labute approximate surface area is 81.5 Å². The van der Waals surface area contributed by atoms with Crippen molar-refractivity contribution in [1.29, 1.82) is 0 Å². The molecule has 70 valence electrons. The molecule has 0 aromatic carbocycles. The minimum absolute atomic E-state index is 0.0366. The number of hydrogen-bond donors (Lipinski definition) is 2. The molecule has 1 heterocycles. The molecule has 0 aliphatic rings. The zero-order valence-corrected chi connectivity index (χ0v) is 7.83. The van der Waals surface area contributed by atoms with E-state index < -0.39 is 5.97 Å². The van der Waals surface area contributed by atoms with Crippen LogP contribution in [0.1, 0.15) is 22.7 Å². The smallest absolute Gasteiger partial charge is 0.371 e. The second-order valence-corrected chi connectivity index (χ2v) is 2.87. The van der Waals surface area contributed by atoms with Gasteiger partial charge in [-0.2, -0.15) is 12.6 Å². The van der Waals surface area contributed by atoms with Crippen LogP contribution in [-0.2, 0) is 0 Å². The summed E-state index contributed by atoms with van der Waals surface area (Å²) in [6.45, 7) is 0. The lowest BCUT2D eigenvalue weighted by molar-refractivity contribution is 0.0662. The van der Waals surface area contributed by atoms with Crippen molar-refractivity contribution < 1.29 is 14.3 Å². The fourth-order valence-electron chi connectivity index (χ4n) is 0.831. The lowest BCUT2D eigenvalue weighted by Gasteiger charge is -1.86. The molecule has 1 aromatic heterocycles. The molecule has 0 atom stereocenters. The van der Waals surface area contributed by atoms with Crippen LogP contribution in [0, 0.1) is 0 Å². The van der Waals surface area contributed by atoms with Crippen LogP contribution in [0.15, 0.2) is 22.6 Å². The van der Waals surface area contributed by atoms with Gasteiger partial charge in [0.05, 0.1) is 0 Å². The molecule has 3 nitrogen and oxygen atoms in total. The largest absolute Gasteiger partial charge is 0.475 e. The summed E-state index contributed by atoms with van der Waals surface area (Å²) in [4.78, 5) is 10.4. The van der Waals surface area contributed by atoms with Gasteiger partial charge >= 0.3 is 5.97 Å². The molecule has 1 aromatic rings. The monoisotopic (exact) mass is 198 g/mol. The number of thiol groups is 1. The van der Waals surface area contributed by atoms with Crippen LogP contribution in [0.3, 0.4) is 0 Å². The maximum Gasteiger partial charge on any atom is 0.371 e. The van der Waals surface area contributed by atoms with E-state index in [-0.39, 0.29) is 5.76 Å². The Balaban J connectivity index is 2.64. The fourth-order valence-corrected chi connectivity index (χ4v) is 0.980. The highest BCUT2D eigenvalue weighted by molar-refractivity contribution is 7.80. The molecular formula is C9H10O3S. The van der Waals surface area contributed by atoms with Gasteiger partial charge in [-0.25, -0.2) is 4.79 Å². The summed E-state index contributed by atoms with van der Waals surface area (Å²) in [5.41, 5.74) is 0. The highest BCUT2D eigenvalue weighted by atomic mass is 32.1. The average molecular weight is 198 g/mol. The first-order chi connectivity index (χ1) is 6.24. The highest BCUT2D eigenvalue weighted by Crippen LogP contribution is 2.09. The van der Waals surface area contributed by atoms with E-state index in [9.17, 15) is 4.79 Å². The normalized spacial score (nSPS) is 10.8. The molecule has 0 spiro atoms. The average Bonchev–Trinajstić information content (AvgIpc) is 2.53. The van der Waals surface area contributed by atoms with Gasteiger partial charge < -0.3 is 9.52 Å². The van der Waals surface area contributed by atoms with Gasteiger partial charge in [0.2, 0.25) is 5.76 Å². The lowest BCUT2D eigenvalue weighted by Crippen LogP contribution is -1.91. The molecule has 0 saturated carbocycles. The lowest BCUT2D eigenvalue weighted by atomic mass is 10.3. The minimum atomic E-state index is -1.05. The number of rotatable bonds is 4. The molecule has 0 radical (unpaired) electrons. The first kappa shape index (κ1) is 9.92. The summed E-state index contributed by atoms with van der Waals surface area (Å²) < 4.78 is 4.98. The van der Waals surface area contributed by atoms with Crippen molar-refractivity contribution in [3.05, 3.63) is 29.7 Å². The molecule has 0 saturated heterocycles. The Morgan fingerprint density at radius 2 is 2.38 bits per heavy atom. The Morgan fingerprint density at radius 3 is 2.92 bits per heavy atom. The minimum Gasteiger partial charge on any atom is -0.475 e. The van der Waals surface area contributed by atoms with Gasteiger partial charge in [-0.1, -0.05) is 6.08 Å². The number of aromatic carboxylic acids is 1. The molecule has 1 rings (SSSR count). The van der Waals surface area contributed by atoms with E-state index in [0.717, 1.165) is 12.2 Å². The SMILES string of the molecule is O=C(O)c1ccc(C=CCCS)o1. The maximum absolute atomic E-state index is 10.4. The molecule has 0 unspecified atom stereocenters. The predicted octanol–water partition coefficient (Wildman–Crippen LogP) is 2.31. The Hall–Kier alpha value is -1.16. The highest BCUT2D eigenvalue weighted by Gasteiger charge is 2.06. The van der Waals surface area contributed by atoms with Gasteiger partial charge in [0.25, 0.3) is 0 Å². The topological polar surface area (TPSA) is 50.4 Å². The van der Waals surface area contributed by atoms with Crippen molar-refractivity contribution in [2.75, 3.05) is 5.75 Å². The van der Waals surface area contributed by atoms with E-state index in [4.69, 9.17) is 9.52 Å². The summed E-state index contributed by atoms with van der Waals surface area (Å²) in [5.74, 6) is 0.238. The predicted molar refractivity (Wildman–Crippen MR) is 53.2 cm³/mol. The van der Waals surface area contributed by atoms with Gasteiger partial charge in [0, 0.05) is 0 Å². The Kier molecular flexibility index (Phi) is 3.64. The number of allylic oxidation sites excluding steroid dienone is 1. The van der Waals surface area contributed by atoms with Crippen LogP contribution in [-0.4, -0.2) is 16.8 Å². The van der Waals surface area contributed by atoms with Crippen LogP contribution in [0.5, 0.6) is 0 Å². The molecule has 0 aliphatic carbocycles. The quantitative estimate of drug-likeness (QED) is 0.730. The van der Waals surface area contributed by atoms with Crippen molar-refractivity contribution in [3.8, 4) is 0 Å². The molecular weight excluding hydrogens is 188 g/mol. The number of hydrogen-bond acceptors (Lipinski definition) is 3. The second-order valence-electron chi connectivity index (χ2n) is 2.42. The van der Waals surface area contributed by atoms with Crippen molar-refractivity contribution >= 4 is 24.7 Å². The van der Waals surface area contributed by atoms with E-state index in [1.165, 1.54) is 6.07 Å². The summed E-state index contributed by atoms with van der Waals surface area (Å²) >= 11 is 4.03. The van der Waals surface area contributed by atoms with Gasteiger partial charge in [-0.15, -0.1) is 0 Å². The van der Waals surface area contributed by atoms with Crippen molar-refractivity contribution in [1.82, 2.24) is 0 Å². The van der Waals surface area contributed by atoms with Crippen LogP contribution < -0.4 is 0 Å². The van der Waals surface area contributed by atoms with Crippen molar-refractivity contribution in [2.24, 2.45) is 0 Å². The standard InChI is InChI=1S/C9H10O3S/c10-9(11)8-5-4-7(12-8)3-1-2-6-13/h1,3-5,13H,2,6H2,(H,10,11). The molecule has 0 aliphatic heterocycles. The van der Waals surface area contributed by atoms with Crippen LogP contribution in [0.4, 0.5) is 0 Å². The van der Waals surface area contributed by atoms with Gasteiger partial charge in [0.1, 0.15) is 5.76 Å². The number of carbonyl (C=O) groups is 1. The van der Waals surface area contributed by atoms with E-state index in [2.05, 4.69) is 12.6 Å². The summed E-state index contributed by atoms with van der Waals surface area (Å²) in [6, 6.07) is 3.06. The number of furan rings is 1. The van der Waals surface area contributed by atoms with Crippen molar-refractivity contribution in [3.63, 3.8) is 0 Å². The number of carboxylic acids is 1. The van der Waals surface area contributed by atoms with Gasteiger partial charge in [-0.05, 0) is 30.4 Å². The zero-order valence-electron chi connectivity index (χ0n) is 6.93. The summed E-state index contributed by atoms with van der Waals surface area (Å²) in [6.07, 6.45) is 4.46. The van der Waals surface area contributed by atoms with E-state index in [1.807, 2.05) is 6.08 Å². The van der Waals surface area contributed by atoms with E-state index in [0.29, 0.717) is 5.76 Å². The fraction of sp³-hybridized carbons (Fsp3) is 0.222. The van der Waals surface area contributed by atoms with Gasteiger partial charge in [0.15, 0.2) is 0 Å². The zero-order chi connectivity index (χ0) is 9.68.